The van der Waals surface area contributed by atoms with Crippen molar-refractivity contribution in [2.24, 2.45) is 0 Å². The van der Waals surface area contributed by atoms with E-state index in [4.69, 9.17) is 14.0 Å². The Labute approximate surface area is 144 Å². The summed E-state index contributed by atoms with van der Waals surface area (Å²) in [6.45, 7) is 0.560. The Morgan fingerprint density at radius 3 is 2.52 bits per heavy atom. The molecule has 25 heavy (non-hydrogen) atoms. The monoisotopic (exact) mass is 374 g/mol. The van der Waals surface area contributed by atoms with Gasteiger partial charge in [0, 0.05) is 18.0 Å². The minimum atomic E-state index is -3.67. The number of aromatic nitrogens is 2. The first-order valence-electron chi connectivity index (χ1n) is 7.29. The van der Waals surface area contributed by atoms with Gasteiger partial charge in [-0.1, -0.05) is 12.1 Å². The molecule has 2 aromatic rings. The fourth-order valence-electron chi connectivity index (χ4n) is 2.30. The number of benzene rings is 1. The van der Waals surface area contributed by atoms with Gasteiger partial charge in [0.2, 0.25) is 5.79 Å². The summed E-state index contributed by atoms with van der Waals surface area (Å²) in [5.41, 5.74) is 0.712. The topological polar surface area (TPSA) is 111 Å². The smallest absolute Gasteiger partial charge is 0.261 e. The molecule has 0 saturated carbocycles. The summed E-state index contributed by atoms with van der Waals surface area (Å²) in [7, 11) is -3.67. The van der Waals surface area contributed by atoms with Crippen LogP contribution >= 0.6 is 0 Å². The number of aliphatic hydroxyl groups excluding tert-OH is 1. The zero-order valence-electron chi connectivity index (χ0n) is 13.4. The molecular weight excluding hydrogens is 355 g/mol. The molecule has 0 aliphatic carbocycles. The third kappa shape index (κ3) is 5.87. The summed E-state index contributed by atoms with van der Waals surface area (Å²) in [6, 6.07) is 5.99. The molecule has 3 rings (SSSR count). The average Bonchev–Trinajstić information content (AvgIpc) is 3.17. The highest BCUT2D eigenvalue weighted by Gasteiger charge is 2.43. The first-order chi connectivity index (χ1) is 11.7. The lowest BCUT2D eigenvalue weighted by atomic mass is 10.1. The molecule has 2 N–H and O–H groups in total. The molecule has 1 aliphatic rings. The van der Waals surface area contributed by atoms with Crippen LogP contribution in [0, 0.1) is 5.82 Å². The van der Waals surface area contributed by atoms with Gasteiger partial charge in [-0.05, 0) is 12.1 Å². The van der Waals surface area contributed by atoms with Crippen molar-refractivity contribution in [2.45, 2.75) is 18.4 Å². The van der Waals surface area contributed by atoms with Crippen LogP contribution in [0.25, 0.3) is 0 Å². The van der Waals surface area contributed by atoms with E-state index < -0.39 is 15.9 Å². The Balaban J connectivity index is 0.000000399. The Morgan fingerprint density at radius 2 is 2.04 bits per heavy atom. The minimum absolute atomic E-state index is 0.118. The Bertz CT molecular complexity index is 758. The summed E-state index contributed by atoms with van der Waals surface area (Å²) in [5.74, 6) is -1.34. The van der Waals surface area contributed by atoms with Gasteiger partial charge < -0.3 is 19.1 Å². The van der Waals surface area contributed by atoms with Crippen LogP contribution in [0.3, 0.4) is 0 Å². The molecule has 0 amide bonds. The van der Waals surface area contributed by atoms with E-state index in [1.807, 2.05) is 4.57 Å². The van der Waals surface area contributed by atoms with Gasteiger partial charge in [-0.15, -0.1) is 0 Å². The SMILES string of the molecule is CS(=O)(=O)O.OCC1COC(Cn2ccnc2)(c2ccc(F)cc2)O1. The van der Waals surface area contributed by atoms with E-state index in [0.29, 0.717) is 25.0 Å². The molecule has 1 aromatic heterocycles. The molecule has 2 heterocycles. The third-order valence-electron chi connectivity index (χ3n) is 3.30. The maximum Gasteiger partial charge on any atom is 0.261 e. The molecule has 2 atom stereocenters. The largest absolute Gasteiger partial charge is 0.394 e. The summed E-state index contributed by atoms with van der Waals surface area (Å²) >= 11 is 0. The molecule has 1 aliphatic heterocycles. The highest BCUT2D eigenvalue weighted by atomic mass is 32.2. The van der Waals surface area contributed by atoms with Gasteiger partial charge in [0.15, 0.2) is 0 Å². The van der Waals surface area contributed by atoms with Crippen LogP contribution in [0.4, 0.5) is 4.39 Å². The summed E-state index contributed by atoms with van der Waals surface area (Å²) in [6.07, 6.45) is 5.45. The van der Waals surface area contributed by atoms with E-state index in [0.717, 1.165) is 0 Å². The van der Waals surface area contributed by atoms with E-state index in [1.165, 1.54) is 12.1 Å². The normalized spacial score (nSPS) is 23.1. The molecule has 1 aromatic carbocycles. The van der Waals surface area contributed by atoms with Crippen LogP contribution in [0.1, 0.15) is 5.56 Å². The van der Waals surface area contributed by atoms with Crippen molar-refractivity contribution >= 4 is 10.1 Å². The number of rotatable bonds is 4. The molecule has 1 saturated heterocycles. The number of halogens is 1. The van der Waals surface area contributed by atoms with Gasteiger partial charge in [0.1, 0.15) is 11.9 Å². The maximum atomic E-state index is 13.1. The quantitative estimate of drug-likeness (QED) is 0.761. The molecule has 8 nitrogen and oxygen atoms in total. The fourth-order valence-corrected chi connectivity index (χ4v) is 2.30. The molecule has 0 bridgehead atoms. The van der Waals surface area contributed by atoms with Crippen LogP contribution in [-0.4, -0.2) is 53.2 Å². The van der Waals surface area contributed by atoms with Crippen molar-refractivity contribution in [1.29, 1.82) is 0 Å². The van der Waals surface area contributed by atoms with Gasteiger partial charge in [0.05, 0.1) is 32.3 Å². The predicted octanol–water partition coefficient (Wildman–Crippen LogP) is 0.787. The second-order valence-electron chi connectivity index (χ2n) is 5.46. The number of aliphatic hydroxyl groups is 1. The first-order valence-corrected chi connectivity index (χ1v) is 9.13. The van der Waals surface area contributed by atoms with Crippen LogP contribution < -0.4 is 0 Å². The molecule has 138 valence electrons. The zero-order chi connectivity index (χ0) is 18.5. The third-order valence-corrected chi connectivity index (χ3v) is 3.30. The van der Waals surface area contributed by atoms with Gasteiger partial charge in [-0.2, -0.15) is 8.42 Å². The molecule has 0 spiro atoms. The fraction of sp³-hybridized carbons (Fsp3) is 0.400. The van der Waals surface area contributed by atoms with Gasteiger partial charge in [0.25, 0.3) is 10.1 Å². The van der Waals surface area contributed by atoms with Crippen LogP contribution in [0.5, 0.6) is 0 Å². The van der Waals surface area contributed by atoms with Crippen molar-refractivity contribution < 1.29 is 31.9 Å². The molecule has 10 heteroatoms. The molecular formula is C15H19FN2O6S. The lowest BCUT2D eigenvalue weighted by molar-refractivity contribution is -0.190. The van der Waals surface area contributed by atoms with Crippen molar-refractivity contribution in [1.82, 2.24) is 9.55 Å². The summed E-state index contributed by atoms with van der Waals surface area (Å²) in [4.78, 5) is 3.98. The van der Waals surface area contributed by atoms with Crippen molar-refractivity contribution in [3.63, 3.8) is 0 Å². The number of nitrogens with zero attached hydrogens (tertiary/aromatic N) is 2. The maximum absolute atomic E-state index is 13.1. The van der Waals surface area contributed by atoms with Crippen LogP contribution in [0.2, 0.25) is 0 Å². The van der Waals surface area contributed by atoms with E-state index in [-0.39, 0.29) is 18.5 Å². The van der Waals surface area contributed by atoms with Gasteiger partial charge in [-0.3, -0.25) is 4.55 Å². The van der Waals surface area contributed by atoms with Crippen molar-refractivity contribution in [2.75, 3.05) is 19.5 Å². The molecule has 0 radical (unpaired) electrons. The van der Waals surface area contributed by atoms with Crippen molar-refractivity contribution in [3.05, 3.63) is 54.4 Å². The average molecular weight is 374 g/mol. The molecule has 1 fully saturated rings. The van der Waals surface area contributed by atoms with E-state index in [9.17, 15) is 17.9 Å². The van der Waals surface area contributed by atoms with Gasteiger partial charge >= 0.3 is 0 Å². The Kier molecular flexibility index (Phi) is 6.25. The van der Waals surface area contributed by atoms with E-state index >= 15 is 0 Å². The summed E-state index contributed by atoms with van der Waals surface area (Å²) < 4.78 is 52.4. The Hall–Kier alpha value is -1.85. The lowest BCUT2D eigenvalue weighted by Crippen LogP contribution is -2.33. The highest BCUT2D eigenvalue weighted by Crippen LogP contribution is 2.36. The molecule has 2 unspecified atom stereocenters. The number of hydrogen-bond donors (Lipinski definition) is 2. The highest BCUT2D eigenvalue weighted by molar-refractivity contribution is 7.85. The minimum Gasteiger partial charge on any atom is -0.394 e. The Morgan fingerprint density at radius 1 is 1.40 bits per heavy atom. The van der Waals surface area contributed by atoms with Gasteiger partial charge in [-0.25, -0.2) is 9.37 Å². The zero-order valence-corrected chi connectivity index (χ0v) is 14.3. The predicted molar refractivity (Wildman–Crippen MR) is 85.7 cm³/mol. The number of hydrogen-bond acceptors (Lipinski definition) is 6. The second-order valence-corrected chi connectivity index (χ2v) is 6.93. The van der Waals surface area contributed by atoms with Crippen molar-refractivity contribution in [3.8, 4) is 0 Å². The first kappa shape index (κ1) is 19.5. The lowest BCUT2D eigenvalue weighted by Gasteiger charge is -2.28. The van der Waals surface area contributed by atoms with E-state index in [2.05, 4.69) is 4.98 Å². The van der Waals surface area contributed by atoms with Crippen LogP contribution in [-0.2, 0) is 31.9 Å². The summed E-state index contributed by atoms with van der Waals surface area (Å²) in [5, 5.41) is 9.23. The number of ether oxygens (including phenoxy) is 2. The standard InChI is InChI=1S/C14H15FN2O3.CH4O3S/c15-12-3-1-11(2-4-12)14(9-17-6-5-16-10-17)19-8-13(7-18)20-14;1-5(2,3)4/h1-6,10,13,18H,7-9H2;1H3,(H,2,3,4). The van der Waals surface area contributed by atoms with E-state index in [1.54, 1.807) is 30.9 Å². The van der Waals surface area contributed by atoms with Crippen LogP contribution in [0.15, 0.2) is 43.0 Å². The number of imidazole rings is 1. The second kappa shape index (κ2) is 8.02.